The van der Waals surface area contributed by atoms with Gasteiger partial charge in [-0.2, -0.15) is 4.31 Å². The quantitative estimate of drug-likeness (QED) is 0.707. The topological polar surface area (TPSA) is 66.5 Å². The molecule has 0 aliphatic carbocycles. The summed E-state index contributed by atoms with van der Waals surface area (Å²) in [5, 5.41) is 2.85. The maximum Gasteiger partial charge on any atom is 0.251 e. The van der Waals surface area contributed by atoms with Crippen molar-refractivity contribution in [3.8, 4) is 0 Å². The highest BCUT2D eigenvalue weighted by Crippen LogP contribution is 2.25. The first-order chi connectivity index (χ1) is 14.0. The van der Waals surface area contributed by atoms with Gasteiger partial charge in [0.25, 0.3) is 5.91 Å². The van der Waals surface area contributed by atoms with Crippen molar-refractivity contribution >= 4 is 15.9 Å². The predicted octanol–water partition coefficient (Wildman–Crippen LogP) is 3.36. The van der Waals surface area contributed by atoms with E-state index < -0.39 is 10.0 Å². The van der Waals surface area contributed by atoms with E-state index in [-0.39, 0.29) is 10.8 Å². The van der Waals surface area contributed by atoms with Gasteiger partial charge in [0.1, 0.15) is 0 Å². The summed E-state index contributed by atoms with van der Waals surface area (Å²) >= 11 is 0. The zero-order chi connectivity index (χ0) is 20.3. The van der Waals surface area contributed by atoms with Gasteiger partial charge in [-0.15, -0.1) is 0 Å². The zero-order valence-corrected chi connectivity index (χ0v) is 16.7. The number of carbonyl (C=O) groups is 1. The Labute approximate surface area is 171 Å². The Kier molecular flexibility index (Phi) is 5.47. The number of hydrogen-bond acceptors (Lipinski definition) is 3. The monoisotopic (exact) mass is 406 g/mol. The second-order valence-electron chi connectivity index (χ2n) is 7.05. The van der Waals surface area contributed by atoms with Gasteiger partial charge < -0.3 is 5.32 Å². The number of nitrogens with zero attached hydrogens (tertiary/aromatic N) is 1. The molecule has 5 nitrogen and oxygen atoms in total. The summed E-state index contributed by atoms with van der Waals surface area (Å²) in [6.07, 6.45) is 0.704. The van der Waals surface area contributed by atoms with E-state index in [9.17, 15) is 13.2 Å². The van der Waals surface area contributed by atoms with Crippen LogP contribution in [0.3, 0.4) is 0 Å². The van der Waals surface area contributed by atoms with Crippen LogP contribution in [0, 0.1) is 0 Å². The van der Waals surface area contributed by atoms with Crippen LogP contribution in [0.15, 0.2) is 83.8 Å². The predicted molar refractivity (Wildman–Crippen MR) is 112 cm³/mol. The highest BCUT2D eigenvalue weighted by Gasteiger charge is 2.28. The van der Waals surface area contributed by atoms with Gasteiger partial charge in [0.05, 0.1) is 4.90 Å². The van der Waals surface area contributed by atoms with Gasteiger partial charge in [-0.25, -0.2) is 8.42 Å². The fourth-order valence-corrected chi connectivity index (χ4v) is 4.90. The molecule has 0 unspecified atom stereocenters. The molecule has 0 atom stereocenters. The number of sulfonamides is 1. The molecule has 6 heteroatoms. The molecule has 1 N–H and O–H groups in total. The SMILES string of the molecule is O=C(NCc1ccccc1)c1ccc(S(=O)(=O)N2CCc3ccccc3C2)cc1. The summed E-state index contributed by atoms with van der Waals surface area (Å²) in [6.45, 7) is 1.25. The molecule has 148 valence electrons. The summed E-state index contributed by atoms with van der Waals surface area (Å²) in [7, 11) is -3.60. The van der Waals surface area contributed by atoms with Gasteiger partial charge >= 0.3 is 0 Å². The van der Waals surface area contributed by atoms with Crippen LogP contribution in [-0.2, 0) is 29.5 Å². The van der Waals surface area contributed by atoms with Crippen molar-refractivity contribution in [1.82, 2.24) is 9.62 Å². The smallest absolute Gasteiger partial charge is 0.251 e. The number of nitrogens with one attached hydrogen (secondary N) is 1. The third-order valence-corrected chi connectivity index (χ3v) is 7.01. The zero-order valence-electron chi connectivity index (χ0n) is 15.9. The molecule has 3 aromatic rings. The van der Waals surface area contributed by atoms with E-state index in [1.165, 1.54) is 22.0 Å². The van der Waals surface area contributed by atoms with Gasteiger partial charge in [-0.3, -0.25) is 4.79 Å². The lowest BCUT2D eigenvalue weighted by Crippen LogP contribution is -2.36. The Morgan fingerprint density at radius 3 is 2.24 bits per heavy atom. The van der Waals surface area contributed by atoms with Crippen LogP contribution in [0.5, 0.6) is 0 Å². The van der Waals surface area contributed by atoms with E-state index in [0.717, 1.165) is 11.1 Å². The summed E-state index contributed by atoms with van der Waals surface area (Å²) in [5.74, 6) is -0.232. The molecule has 0 spiro atoms. The lowest BCUT2D eigenvalue weighted by atomic mass is 10.0. The Bertz CT molecular complexity index is 1110. The molecule has 0 fully saturated rings. The van der Waals surface area contributed by atoms with Crippen molar-refractivity contribution in [3.05, 3.63) is 101 Å². The number of benzene rings is 3. The van der Waals surface area contributed by atoms with Gasteiger partial charge in [0.2, 0.25) is 10.0 Å². The van der Waals surface area contributed by atoms with Crippen LogP contribution >= 0.6 is 0 Å². The minimum Gasteiger partial charge on any atom is -0.348 e. The number of amides is 1. The summed E-state index contributed by atoms with van der Waals surface area (Å²) in [6, 6.07) is 23.7. The first kappa shape index (κ1) is 19.4. The van der Waals surface area contributed by atoms with E-state index >= 15 is 0 Å². The first-order valence-corrected chi connectivity index (χ1v) is 11.0. The number of rotatable bonds is 5. The van der Waals surface area contributed by atoms with Crippen LogP contribution in [0.4, 0.5) is 0 Å². The van der Waals surface area contributed by atoms with Crippen LogP contribution in [-0.4, -0.2) is 25.2 Å². The second-order valence-corrected chi connectivity index (χ2v) is 8.99. The third-order valence-electron chi connectivity index (χ3n) is 5.15. The van der Waals surface area contributed by atoms with Crippen LogP contribution in [0.1, 0.15) is 27.0 Å². The molecule has 3 aromatic carbocycles. The number of fused-ring (bicyclic) bond motifs is 1. The van der Waals surface area contributed by atoms with Gasteiger partial charge in [-0.1, -0.05) is 54.6 Å². The van der Waals surface area contributed by atoms with Crippen molar-refractivity contribution in [2.24, 2.45) is 0 Å². The molecule has 0 aromatic heterocycles. The molecular formula is C23H22N2O3S. The molecule has 29 heavy (non-hydrogen) atoms. The van der Waals surface area contributed by atoms with E-state index in [2.05, 4.69) is 5.32 Å². The lowest BCUT2D eigenvalue weighted by molar-refractivity contribution is 0.0951. The normalized spacial score (nSPS) is 14.2. The van der Waals surface area contributed by atoms with Gasteiger partial charge in [0, 0.05) is 25.2 Å². The van der Waals surface area contributed by atoms with Crippen molar-refractivity contribution in [1.29, 1.82) is 0 Å². The van der Waals surface area contributed by atoms with Crippen LogP contribution in [0.25, 0.3) is 0 Å². The summed E-state index contributed by atoms with van der Waals surface area (Å²) < 4.78 is 27.5. The van der Waals surface area contributed by atoms with Crippen LogP contribution < -0.4 is 5.32 Å². The highest BCUT2D eigenvalue weighted by atomic mass is 32.2. The van der Waals surface area contributed by atoms with Crippen molar-refractivity contribution in [2.45, 2.75) is 24.4 Å². The molecule has 4 rings (SSSR count). The molecule has 0 radical (unpaired) electrons. The average Bonchev–Trinajstić information content (AvgIpc) is 2.78. The number of carbonyl (C=O) groups excluding carboxylic acids is 1. The minimum absolute atomic E-state index is 0.205. The maximum absolute atomic E-state index is 13.0. The van der Waals surface area contributed by atoms with Crippen molar-refractivity contribution < 1.29 is 13.2 Å². The fraction of sp³-hybridized carbons (Fsp3) is 0.174. The molecule has 1 amide bonds. The van der Waals surface area contributed by atoms with Gasteiger partial charge in [-0.05, 0) is 47.4 Å². The minimum atomic E-state index is -3.60. The lowest BCUT2D eigenvalue weighted by Gasteiger charge is -2.28. The van der Waals surface area contributed by atoms with E-state index in [1.807, 2.05) is 54.6 Å². The average molecular weight is 407 g/mol. The van der Waals surface area contributed by atoms with Crippen LogP contribution in [0.2, 0.25) is 0 Å². The molecule has 1 aliphatic rings. The van der Waals surface area contributed by atoms with E-state index in [4.69, 9.17) is 0 Å². The Balaban J connectivity index is 1.45. The molecule has 1 heterocycles. The first-order valence-electron chi connectivity index (χ1n) is 9.53. The highest BCUT2D eigenvalue weighted by molar-refractivity contribution is 7.89. The third kappa shape index (κ3) is 4.23. The maximum atomic E-state index is 13.0. The standard InChI is InChI=1S/C23H22N2O3S/c26-23(24-16-18-6-2-1-3-7-18)20-10-12-22(13-11-20)29(27,28)25-15-14-19-8-4-5-9-21(19)17-25/h1-13H,14-17H2,(H,24,26). The van der Waals surface area contributed by atoms with Crippen molar-refractivity contribution in [3.63, 3.8) is 0 Å². The fourth-order valence-electron chi connectivity index (χ4n) is 3.48. The second kappa shape index (κ2) is 8.19. The number of hydrogen-bond donors (Lipinski definition) is 1. The Morgan fingerprint density at radius 2 is 1.52 bits per heavy atom. The van der Waals surface area contributed by atoms with Gasteiger partial charge in [0.15, 0.2) is 0 Å². The summed E-state index contributed by atoms with van der Waals surface area (Å²) in [5.41, 5.74) is 3.68. The van der Waals surface area contributed by atoms with E-state index in [1.54, 1.807) is 12.1 Å². The van der Waals surface area contributed by atoms with Crippen molar-refractivity contribution in [2.75, 3.05) is 6.54 Å². The largest absolute Gasteiger partial charge is 0.348 e. The molecule has 0 bridgehead atoms. The Morgan fingerprint density at radius 1 is 0.862 bits per heavy atom. The molecule has 0 saturated heterocycles. The molecule has 1 aliphatic heterocycles. The Hall–Kier alpha value is -2.96. The van der Waals surface area contributed by atoms with E-state index in [0.29, 0.717) is 31.6 Å². The molecule has 0 saturated carbocycles. The molecular weight excluding hydrogens is 384 g/mol. The summed E-state index contributed by atoms with van der Waals surface area (Å²) in [4.78, 5) is 12.6.